The molecule has 2 N–H and O–H groups in total. The van der Waals surface area contributed by atoms with E-state index in [1.165, 1.54) is 5.56 Å². The first-order valence-electron chi connectivity index (χ1n) is 9.95. The van der Waals surface area contributed by atoms with Gasteiger partial charge in [0, 0.05) is 0 Å². The van der Waals surface area contributed by atoms with Gasteiger partial charge in [0.05, 0.1) is 12.8 Å². The standard InChI is InChI=1S/C25H28N2O2/c1-19-15-16-23(29-2)22(18-19)27-25(28)24(21-13-7-4-8-14-21)26-17-9-12-20-10-5-3-6-11-20/h3-8,10-11,13-16,18,24,26H,9,12,17H2,1-2H3,(H,27,28)/t24-/m0/s1. The summed E-state index contributed by atoms with van der Waals surface area (Å²) in [6, 6.07) is 25.5. The maximum absolute atomic E-state index is 13.1. The number of hydrogen-bond acceptors (Lipinski definition) is 3. The van der Waals surface area contributed by atoms with Crippen molar-refractivity contribution in [3.63, 3.8) is 0 Å². The molecule has 1 atom stereocenters. The van der Waals surface area contributed by atoms with E-state index in [0.717, 1.165) is 30.5 Å². The summed E-state index contributed by atoms with van der Waals surface area (Å²) in [4.78, 5) is 13.1. The molecule has 0 saturated carbocycles. The second-order valence-electron chi connectivity index (χ2n) is 7.08. The number of methoxy groups -OCH3 is 1. The molecule has 0 saturated heterocycles. The average Bonchev–Trinajstić information content (AvgIpc) is 2.75. The van der Waals surface area contributed by atoms with Crippen molar-refractivity contribution in [1.29, 1.82) is 0 Å². The van der Waals surface area contributed by atoms with Crippen LogP contribution in [0.2, 0.25) is 0 Å². The molecule has 0 aliphatic rings. The third-order valence-electron chi connectivity index (χ3n) is 4.84. The lowest BCUT2D eigenvalue weighted by Crippen LogP contribution is -2.34. The molecule has 0 fully saturated rings. The smallest absolute Gasteiger partial charge is 0.246 e. The molecule has 0 radical (unpaired) electrons. The third-order valence-corrected chi connectivity index (χ3v) is 4.84. The Morgan fingerprint density at radius 3 is 2.34 bits per heavy atom. The van der Waals surface area contributed by atoms with E-state index in [9.17, 15) is 4.79 Å². The second-order valence-corrected chi connectivity index (χ2v) is 7.08. The van der Waals surface area contributed by atoms with Crippen molar-refractivity contribution < 1.29 is 9.53 Å². The normalized spacial score (nSPS) is 11.7. The Morgan fingerprint density at radius 2 is 1.66 bits per heavy atom. The highest BCUT2D eigenvalue weighted by Gasteiger charge is 2.21. The van der Waals surface area contributed by atoms with Crippen LogP contribution in [0.15, 0.2) is 78.9 Å². The molecule has 0 bridgehead atoms. The number of carbonyl (C=O) groups is 1. The number of carbonyl (C=O) groups excluding carboxylic acids is 1. The number of anilines is 1. The first-order chi connectivity index (χ1) is 14.2. The van der Waals surface area contributed by atoms with Crippen LogP contribution in [0.5, 0.6) is 5.75 Å². The molecule has 4 heteroatoms. The molecule has 3 rings (SSSR count). The molecule has 150 valence electrons. The van der Waals surface area contributed by atoms with E-state index < -0.39 is 6.04 Å². The lowest BCUT2D eigenvalue weighted by Gasteiger charge is -2.20. The van der Waals surface area contributed by atoms with Gasteiger partial charge in [0.1, 0.15) is 11.8 Å². The molecule has 0 unspecified atom stereocenters. The predicted molar refractivity (Wildman–Crippen MR) is 118 cm³/mol. The maximum atomic E-state index is 13.1. The largest absolute Gasteiger partial charge is 0.495 e. The Morgan fingerprint density at radius 1 is 0.966 bits per heavy atom. The highest BCUT2D eigenvalue weighted by Crippen LogP contribution is 2.26. The van der Waals surface area contributed by atoms with Crippen molar-refractivity contribution in [1.82, 2.24) is 5.32 Å². The van der Waals surface area contributed by atoms with Gasteiger partial charge >= 0.3 is 0 Å². The molecule has 0 heterocycles. The zero-order chi connectivity index (χ0) is 20.5. The highest BCUT2D eigenvalue weighted by molar-refractivity contribution is 5.96. The Labute approximate surface area is 172 Å². The highest BCUT2D eigenvalue weighted by atomic mass is 16.5. The SMILES string of the molecule is COc1ccc(C)cc1NC(=O)[C@@H](NCCCc1ccccc1)c1ccccc1. The minimum Gasteiger partial charge on any atom is -0.495 e. The number of amides is 1. The van der Waals surface area contributed by atoms with Gasteiger partial charge in [0.25, 0.3) is 0 Å². The zero-order valence-corrected chi connectivity index (χ0v) is 17.0. The van der Waals surface area contributed by atoms with E-state index >= 15 is 0 Å². The Bertz CT molecular complexity index is 911. The minimum absolute atomic E-state index is 0.0974. The van der Waals surface area contributed by atoms with Gasteiger partial charge in [0.15, 0.2) is 0 Å². The summed E-state index contributed by atoms with van der Waals surface area (Å²) in [5.74, 6) is 0.555. The van der Waals surface area contributed by atoms with Gasteiger partial charge in [-0.2, -0.15) is 0 Å². The zero-order valence-electron chi connectivity index (χ0n) is 17.0. The monoisotopic (exact) mass is 388 g/mol. The first kappa shape index (κ1) is 20.6. The molecule has 0 aromatic heterocycles. The summed E-state index contributed by atoms with van der Waals surface area (Å²) in [6.07, 6.45) is 1.93. The van der Waals surface area contributed by atoms with Gasteiger partial charge < -0.3 is 15.4 Å². The van der Waals surface area contributed by atoms with Crippen LogP contribution in [0.1, 0.15) is 29.2 Å². The molecule has 29 heavy (non-hydrogen) atoms. The number of ether oxygens (including phenoxy) is 1. The van der Waals surface area contributed by atoms with Crippen molar-refractivity contribution >= 4 is 11.6 Å². The maximum Gasteiger partial charge on any atom is 0.246 e. The molecule has 0 aliphatic heterocycles. The predicted octanol–water partition coefficient (Wildman–Crippen LogP) is 4.91. The van der Waals surface area contributed by atoms with Gasteiger partial charge in [-0.05, 0) is 55.1 Å². The van der Waals surface area contributed by atoms with Crippen molar-refractivity contribution in [3.05, 3.63) is 95.6 Å². The summed E-state index contributed by atoms with van der Waals surface area (Å²) in [6.45, 7) is 2.73. The van der Waals surface area contributed by atoms with Crippen LogP contribution >= 0.6 is 0 Å². The van der Waals surface area contributed by atoms with Crippen LogP contribution in [0.3, 0.4) is 0 Å². The Kier molecular flexibility index (Phi) is 7.42. The Hall–Kier alpha value is -3.11. The van der Waals surface area contributed by atoms with E-state index in [1.54, 1.807) is 7.11 Å². The molecular formula is C25H28N2O2. The van der Waals surface area contributed by atoms with Crippen LogP contribution in [0.4, 0.5) is 5.69 Å². The number of nitrogens with one attached hydrogen (secondary N) is 2. The molecule has 0 aliphatic carbocycles. The lowest BCUT2D eigenvalue weighted by atomic mass is 10.0. The van der Waals surface area contributed by atoms with E-state index in [4.69, 9.17) is 4.74 Å². The van der Waals surface area contributed by atoms with Gasteiger partial charge in [-0.3, -0.25) is 4.79 Å². The number of rotatable bonds is 9. The van der Waals surface area contributed by atoms with Crippen molar-refractivity contribution in [2.75, 3.05) is 19.0 Å². The summed E-state index contributed by atoms with van der Waals surface area (Å²) < 4.78 is 5.40. The summed E-state index contributed by atoms with van der Waals surface area (Å²) in [7, 11) is 1.61. The van der Waals surface area contributed by atoms with Crippen LogP contribution in [0.25, 0.3) is 0 Å². The molecule has 4 nitrogen and oxygen atoms in total. The number of aryl methyl sites for hydroxylation is 2. The minimum atomic E-state index is -0.433. The molecule has 3 aromatic carbocycles. The second kappa shape index (κ2) is 10.4. The fraction of sp³-hybridized carbons (Fsp3) is 0.240. The van der Waals surface area contributed by atoms with E-state index in [1.807, 2.05) is 61.5 Å². The average molecular weight is 389 g/mol. The van der Waals surface area contributed by atoms with Crippen molar-refractivity contribution in [2.24, 2.45) is 0 Å². The number of hydrogen-bond donors (Lipinski definition) is 2. The summed E-state index contributed by atoms with van der Waals surface area (Å²) in [5.41, 5.74) is 3.99. The first-order valence-corrected chi connectivity index (χ1v) is 9.95. The summed E-state index contributed by atoms with van der Waals surface area (Å²) >= 11 is 0. The van der Waals surface area contributed by atoms with Gasteiger partial charge in [-0.25, -0.2) is 0 Å². The lowest BCUT2D eigenvalue weighted by molar-refractivity contribution is -0.118. The molecule has 0 spiro atoms. The number of benzene rings is 3. The van der Waals surface area contributed by atoms with Gasteiger partial charge in [0.2, 0.25) is 5.91 Å². The van der Waals surface area contributed by atoms with Crippen LogP contribution in [0, 0.1) is 6.92 Å². The van der Waals surface area contributed by atoms with E-state index in [2.05, 4.69) is 34.9 Å². The molecule has 1 amide bonds. The van der Waals surface area contributed by atoms with E-state index in [0.29, 0.717) is 11.4 Å². The van der Waals surface area contributed by atoms with E-state index in [-0.39, 0.29) is 5.91 Å². The van der Waals surface area contributed by atoms with Crippen molar-refractivity contribution in [2.45, 2.75) is 25.8 Å². The van der Waals surface area contributed by atoms with Crippen LogP contribution in [-0.4, -0.2) is 19.6 Å². The fourth-order valence-corrected chi connectivity index (χ4v) is 3.32. The fourth-order valence-electron chi connectivity index (χ4n) is 3.32. The quantitative estimate of drug-likeness (QED) is 0.512. The molecule has 3 aromatic rings. The van der Waals surface area contributed by atoms with Crippen LogP contribution < -0.4 is 15.4 Å². The Balaban J connectivity index is 1.68. The van der Waals surface area contributed by atoms with Crippen LogP contribution in [-0.2, 0) is 11.2 Å². The topological polar surface area (TPSA) is 50.4 Å². The third kappa shape index (κ3) is 5.93. The van der Waals surface area contributed by atoms with Gasteiger partial charge in [-0.1, -0.05) is 66.7 Å². The van der Waals surface area contributed by atoms with Gasteiger partial charge in [-0.15, -0.1) is 0 Å². The van der Waals surface area contributed by atoms with Crippen molar-refractivity contribution in [3.8, 4) is 5.75 Å². The molecular weight excluding hydrogens is 360 g/mol. The summed E-state index contributed by atoms with van der Waals surface area (Å²) in [5, 5.41) is 6.46.